The lowest BCUT2D eigenvalue weighted by Crippen LogP contribution is -2.39. The number of hydrogen-bond donors (Lipinski definition) is 2. The van der Waals surface area contributed by atoms with E-state index in [1.165, 1.54) is 16.9 Å². The number of hydrogen-bond acceptors (Lipinski definition) is 8. The van der Waals surface area contributed by atoms with Gasteiger partial charge in [-0.1, -0.05) is 17.4 Å². The summed E-state index contributed by atoms with van der Waals surface area (Å²) in [5.41, 5.74) is 3.23. The highest BCUT2D eigenvalue weighted by molar-refractivity contribution is 7.13. The molecular formula is C19H21N7OS. The van der Waals surface area contributed by atoms with Gasteiger partial charge in [-0.3, -0.25) is 10.1 Å². The Morgan fingerprint density at radius 1 is 1.14 bits per heavy atom. The summed E-state index contributed by atoms with van der Waals surface area (Å²) in [5, 5.41) is 14.1. The summed E-state index contributed by atoms with van der Waals surface area (Å²) in [4.78, 5) is 23.4. The predicted molar refractivity (Wildman–Crippen MR) is 110 cm³/mol. The van der Waals surface area contributed by atoms with Crippen molar-refractivity contribution in [3.8, 4) is 0 Å². The summed E-state index contributed by atoms with van der Waals surface area (Å²) in [6, 6.07) is 8.13. The number of carbonyl (C=O) groups excluding carboxylic acids is 1. The van der Waals surface area contributed by atoms with Crippen LogP contribution in [0.2, 0.25) is 0 Å². The Morgan fingerprint density at radius 3 is 2.64 bits per heavy atom. The minimum Gasteiger partial charge on any atom is -0.367 e. The van der Waals surface area contributed by atoms with E-state index in [0.717, 1.165) is 37.6 Å². The third kappa shape index (κ3) is 4.42. The van der Waals surface area contributed by atoms with Gasteiger partial charge >= 0.3 is 0 Å². The number of anilines is 3. The molecule has 0 radical (unpaired) electrons. The summed E-state index contributed by atoms with van der Waals surface area (Å²) >= 11 is 1.28. The van der Waals surface area contributed by atoms with Crippen molar-refractivity contribution in [2.24, 2.45) is 0 Å². The maximum absolute atomic E-state index is 12.2. The fourth-order valence-electron chi connectivity index (χ4n) is 3.12. The normalized spacial score (nSPS) is 14.7. The Labute approximate surface area is 167 Å². The van der Waals surface area contributed by atoms with Gasteiger partial charge < -0.3 is 10.2 Å². The lowest BCUT2D eigenvalue weighted by Gasteiger charge is -2.33. The van der Waals surface area contributed by atoms with Crippen LogP contribution in [0.4, 0.5) is 16.8 Å². The van der Waals surface area contributed by atoms with E-state index < -0.39 is 0 Å². The van der Waals surface area contributed by atoms with Crippen LogP contribution >= 0.6 is 11.3 Å². The zero-order chi connectivity index (χ0) is 19.3. The van der Waals surface area contributed by atoms with E-state index in [1.54, 1.807) is 17.8 Å². The van der Waals surface area contributed by atoms with Gasteiger partial charge in [-0.25, -0.2) is 9.97 Å². The number of aryl methyl sites for hydroxylation is 1. The van der Waals surface area contributed by atoms with E-state index in [1.807, 2.05) is 19.2 Å². The highest BCUT2D eigenvalue weighted by Gasteiger charge is 2.20. The van der Waals surface area contributed by atoms with Gasteiger partial charge in [0.1, 0.15) is 17.1 Å². The van der Waals surface area contributed by atoms with Crippen molar-refractivity contribution in [2.45, 2.75) is 25.8 Å². The van der Waals surface area contributed by atoms with E-state index >= 15 is 0 Å². The molecule has 9 heteroatoms. The largest absolute Gasteiger partial charge is 0.367 e. The molecule has 8 nitrogen and oxygen atoms in total. The minimum absolute atomic E-state index is 0.241. The molecule has 28 heavy (non-hydrogen) atoms. The molecule has 2 N–H and O–H groups in total. The first-order chi connectivity index (χ1) is 13.7. The highest BCUT2D eigenvalue weighted by atomic mass is 32.1. The standard InChI is InChI=1S/C19H21N7OS/c1-13-2-5-17(21-10-13)26-8-6-15(7-9-26)23-16-4-3-14(11-20-16)18(27)24-19-25-22-12-28-19/h2-5,10-12,15H,6-9H2,1H3,(H,20,23)(H,24,25,27). The molecule has 1 aliphatic rings. The van der Waals surface area contributed by atoms with Crippen molar-refractivity contribution in [1.82, 2.24) is 20.2 Å². The number of nitrogens with zero attached hydrogens (tertiary/aromatic N) is 5. The van der Waals surface area contributed by atoms with Crippen molar-refractivity contribution in [1.29, 1.82) is 0 Å². The molecule has 0 aliphatic carbocycles. The fourth-order valence-corrected chi connectivity index (χ4v) is 3.56. The third-order valence-electron chi connectivity index (χ3n) is 4.67. The quantitative estimate of drug-likeness (QED) is 0.686. The molecule has 0 unspecified atom stereocenters. The van der Waals surface area contributed by atoms with Gasteiger partial charge in [0.05, 0.1) is 5.56 Å². The molecule has 4 heterocycles. The number of amides is 1. The average Bonchev–Trinajstić information content (AvgIpc) is 3.23. The van der Waals surface area contributed by atoms with Gasteiger partial charge in [0.25, 0.3) is 5.91 Å². The molecule has 1 saturated heterocycles. The number of carbonyl (C=O) groups is 1. The van der Waals surface area contributed by atoms with Gasteiger partial charge in [0, 0.05) is 31.5 Å². The van der Waals surface area contributed by atoms with Crippen molar-refractivity contribution in [3.63, 3.8) is 0 Å². The van der Waals surface area contributed by atoms with Gasteiger partial charge in [-0.15, -0.1) is 10.2 Å². The maximum Gasteiger partial charge on any atom is 0.259 e. The zero-order valence-electron chi connectivity index (χ0n) is 15.5. The highest BCUT2D eigenvalue weighted by Crippen LogP contribution is 2.20. The summed E-state index contributed by atoms with van der Waals surface area (Å²) in [5.74, 6) is 1.57. The molecule has 0 spiro atoms. The minimum atomic E-state index is -0.241. The molecule has 0 aromatic carbocycles. The van der Waals surface area contributed by atoms with E-state index in [2.05, 4.69) is 47.8 Å². The van der Waals surface area contributed by atoms with Crippen LogP contribution in [0.15, 0.2) is 42.2 Å². The van der Waals surface area contributed by atoms with E-state index in [-0.39, 0.29) is 5.91 Å². The van der Waals surface area contributed by atoms with Crippen LogP contribution in [0.25, 0.3) is 0 Å². The van der Waals surface area contributed by atoms with Crippen LogP contribution in [0.1, 0.15) is 28.8 Å². The topological polar surface area (TPSA) is 95.9 Å². The molecular weight excluding hydrogens is 374 g/mol. The Kier molecular flexibility index (Phi) is 5.43. The SMILES string of the molecule is Cc1ccc(N2CCC(Nc3ccc(C(=O)Nc4nncs4)cn3)CC2)nc1. The average molecular weight is 395 g/mol. The van der Waals surface area contributed by atoms with Gasteiger partial charge in [0.15, 0.2) is 0 Å². The van der Waals surface area contributed by atoms with Crippen LogP contribution in [-0.2, 0) is 0 Å². The van der Waals surface area contributed by atoms with Crippen molar-refractivity contribution in [3.05, 3.63) is 53.3 Å². The monoisotopic (exact) mass is 395 g/mol. The number of nitrogens with one attached hydrogen (secondary N) is 2. The molecule has 0 saturated carbocycles. The number of rotatable bonds is 5. The fraction of sp³-hybridized carbons (Fsp3) is 0.316. The summed E-state index contributed by atoms with van der Waals surface area (Å²) in [7, 11) is 0. The lowest BCUT2D eigenvalue weighted by atomic mass is 10.0. The molecule has 3 aromatic rings. The molecule has 4 rings (SSSR count). The van der Waals surface area contributed by atoms with Gasteiger partial charge in [-0.2, -0.15) is 0 Å². The number of pyridine rings is 2. The zero-order valence-corrected chi connectivity index (χ0v) is 16.3. The Hall–Kier alpha value is -3.07. The first-order valence-corrected chi connectivity index (χ1v) is 10.0. The summed E-state index contributed by atoms with van der Waals surface area (Å²) in [6.45, 7) is 3.96. The molecule has 0 bridgehead atoms. The second-order valence-corrected chi connectivity index (χ2v) is 7.56. The first kappa shape index (κ1) is 18.3. The Balaban J connectivity index is 1.29. The van der Waals surface area contributed by atoms with Crippen LogP contribution in [0.5, 0.6) is 0 Å². The molecule has 0 atom stereocenters. The number of aromatic nitrogens is 4. The van der Waals surface area contributed by atoms with E-state index in [4.69, 9.17) is 0 Å². The molecule has 144 valence electrons. The van der Waals surface area contributed by atoms with Crippen LogP contribution in [0.3, 0.4) is 0 Å². The second-order valence-electron chi connectivity index (χ2n) is 6.73. The van der Waals surface area contributed by atoms with Crippen molar-refractivity contribution >= 4 is 34.0 Å². The Morgan fingerprint density at radius 2 is 2.00 bits per heavy atom. The lowest BCUT2D eigenvalue weighted by molar-refractivity contribution is 0.102. The van der Waals surface area contributed by atoms with Crippen LogP contribution in [-0.4, -0.2) is 45.2 Å². The summed E-state index contributed by atoms with van der Waals surface area (Å²) in [6.07, 6.45) is 5.50. The predicted octanol–water partition coefficient (Wildman–Crippen LogP) is 2.97. The summed E-state index contributed by atoms with van der Waals surface area (Å²) < 4.78 is 0. The first-order valence-electron chi connectivity index (χ1n) is 9.15. The number of piperidine rings is 1. The van der Waals surface area contributed by atoms with Gasteiger partial charge in [-0.05, 0) is 43.5 Å². The molecule has 1 amide bonds. The van der Waals surface area contributed by atoms with Gasteiger partial charge in [0.2, 0.25) is 5.13 Å². The third-order valence-corrected chi connectivity index (χ3v) is 5.28. The van der Waals surface area contributed by atoms with E-state index in [9.17, 15) is 4.79 Å². The van der Waals surface area contributed by atoms with Crippen molar-refractivity contribution in [2.75, 3.05) is 28.6 Å². The molecule has 1 aliphatic heterocycles. The molecule has 3 aromatic heterocycles. The van der Waals surface area contributed by atoms with E-state index in [0.29, 0.717) is 16.7 Å². The second kappa shape index (κ2) is 8.30. The van der Waals surface area contributed by atoms with Crippen LogP contribution in [0, 0.1) is 6.92 Å². The molecule has 1 fully saturated rings. The van der Waals surface area contributed by atoms with Crippen molar-refractivity contribution < 1.29 is 4.79 Å². The smallest absolute Gasteiger partial charge is 0.259 e. The van der Waals surface area contributed by atoms with Crippen LogP contribution < -0.4 is 15.5 Å². The Bertz CT molecular complexity index is 904. The maximum atomic E-state index is 12.2.